The van der Waals surface area contributed by atoms with E-state index in [1.807, 2.05) is 24.3 Å². The number of nitrogens with one attached hydrogen (secondary N) is 1. The minimum absolute atomic E-state index is 0.809. The van der Waals surface area contributed by atoms with E-state index >= 15 is 0 Å². The highest BCUT2D eigenvalue weighted by molar-refractivity contribution is 5.51. The fourth-order valence-corrected chi connectivity index (χ4v) is 1.23. The number of benzene rings is 1. The molecule has 0 aliphatic heterocycles. The topological polar surface area (TPSA) is 41.3 Å². The lowest BCUT2D eigenvalue weighted by molar-refractivity contribution is 0.405. The first-order valence-electron chi connectivity index (χ1n) is 4.92. The van der Waals surface area contributed by atoms with Gasteiger partial charge in [0, 0.05) is 17.9 Å². The highest BCUT2D eigenvalue weighted by Crippen LogP contribution is 2.09. The third kappa shape index (κ3) is 4.14. The lowest BCUT2D eigenvalue weighted by Crippen LogP contribution is -2.16. The fraction of sp³-hybridized carbons (Fsp3) is 0.455. The number of anilines is 2. The Hall–Kier alpha value is -1.22. The van der Waals surface area contributed by atoms with Crippen LogP contribution in [-0.2, 0) is 0 Å². The Kier molecular flexibility index (Phi) is 4.26. The molecule has 0 aliphatic carbocycles. The number of rotatable bonds is 5. The number of nitrogens with zero attached hydrogens (tertiary/aromatic N) is 1. The molecule has 0 saturated carbocycles. The molecule has 0 spiro atoms. The normalized spacial score (nSPS) is 10.5. The van der Waals surface area contributed by atoms with Crippen molar-refractivity contribution in [3.05, 3.63) is 24.3 Å². The Bertz CT molecular complexity index is 254. The molecule has 0 fully saturated rings. The summed E-state index contributed by atoms with van der Waals surface area (Å²) >= 11 is 0. The first-order valence-corrected chi connectivity index (χ1v) is 4.92. The molecule has 1 aromatic carbocycles. The van der Waals surface area contributed by atoms with Crippen molar-refractivity contribution in [3.8, 4) is 0 Å². The standard InChI is InChI=1S/C11H19N3/c1-14(2)9-3-8-13-11-6-4-10(12)5-7-11/h4-7,13H,3,8-9,12H2,1-2H3. The van der Waals surface area contributed by atoms with E-state index in [1.54, 1.807) is 0 Å². The zero-order valence-corrected chi connectivity index (χ0v) is 8.96. The van der Waals surface area contributed by atoms with Crippen LogP contribution in [0, 0.1) is 0 Å². The van der Waals surface area contributed by atoms with Crippen LogP contribution in [0.4, 0.5) is 11.4 Å². The minimum Gasteiger partial charge on any atom is -0.399 e. The Labute approximate surface area is 85.9 Å². The fourth-order valence-electron chi connectivity index (χ4n) is 1.23. The molecular weight excluding hydrogens is 174 g/mol. The molecule has 1 rings (SSSR count). The first kappa shape index (κ1) is 10.9. The molecule has 78 valence electrons. The summed E-state index contributed by atoms with van der Waals surface area (Å²) in [6, 6.07) is 7.83. The molecule has 0 saturated heterocycles. The smallest absolute Gasteiger partial charge is 0.0341 e. The molecule has 0 aromatic heterocycles. The van der Waals surface area contributed by atoms with Crippen LogP contribution in [0.2, 0.25) is 0 Å². The lowest BCUT2D eigenvalue weighted by Gasteiger charge is -2.10. The average molecular weight is 193 g/mol. The van der Waals surface area contributed by atoms with Crippen molar-refractivity contribution in [2.75, 3.05) is 38.2 Å². The highest BCUT2D eigenvalue weighted by Gasteiger charge is 1.92. The van der Waals surface area contributed by atoms with Gasteiger partial charge in [0.05, 0.1) is 0 Å². The molecule has 0 amide bonds. The number of hydrogen-bond acceptors (Lipinski definition) is 3. The van der Waals surface area contributed by atoms with E-state index in [1.165, 1.54) is 0 Å². The van der Waals surface area contributed by atoms with Crippen LogP contribution in [0.1, 0.15) is 6.42 Å². The summed E-state index contributed by atoms with van der Waals surface area (Å²) in [5.41, 5.74) is 7.53. The van der Waals surface area contributed by atoms with E-state index in [0.29, 0.717) is 0 Å². The molecule has 0 radical (unpaired) electrons. The molecule has 3 heteroatoms. The zero-order valence-electron chi connectivity index (χ0n) is 8.96. The van der Waals surface area contributed by atoms with Gasteiger partial charge in [-0.15, -0.1) is 0 Å². The highest BCUT2D eigenvalue weighted by atomic mass is 15.1. The number of nitrogens with two attached hydrogens (primary N) is 1. The van der Waals surface area contributed by atoms with Crippen LogP contribution in [0.5, 0.6) is 0 Å². The van der Waals surface area contributed by atoms with Gasteiger partial charge in [0.25, 0.3) is 0 Å². The van der Waals surface area contributed by atoms with E-state index in [9.17, 15) is 0 Å². The summed E-state index contributed by atoms with van der Waals surface area (Å²) in [6.07, 6.45) is 1.15. The van der Waals surface area contributed by atoms with Crippen molar-refractivity contribution in [2.45, 2.75) is 6.42 Å². The van der Waals surface area contributed by atoms with Gasteiger partial charge in [-0.1, -0.05) is 0 Å². The predicted molar refractivity (Wildman–Crippen MR) is 62.5 cm³/mol. The van der Waals surface area contributed by atoms with Crippen molar-refractivity contribution in [3.63, 3.8) is 0 Å². The van der Waals surface area contributed by atoms with E-state index in [4.69, 9.17) is 5.73 Å². The maximum atomic E-state index is 5.59. The van der Waals surface area contributed by atoms with E-state index in [2.05, 4.69) is 24.3 Å². The summed E-state index contributed by atoms with van der Waals surface area (Å²) in [5.74, 6) is 0. The Morgan fingerprint density at radius 3 is 2.43 bits per heavy atom. The molecule has 3 N–H and O–H groups in total. The van der Waals surface area contributed by atoms with Gasteiger partial charge in [-0.25, -0.2) is 0 Å². The summed E-state index contributed by atoms with van der Waals surface area (Å²) in [6.45, 7) is 2.12. The van der Waals surface area contributed by atoms with Gasteiger partial charge in [-0.2, -0.15) is 0 Å². The summed E-state index contributed by atoms with van der Waals surface area (Å²) < 4.78 is 0. The predicted octanol–water partition coefficient (Wildman–Crippen LogP) is 1.63. The Morgan fingerprint density at radius 1 is 1.21 bits per heavy atom. The molecule has 0 aliphatic rings. The van der Waals surface area contributed by atoms with Crippen LogP contribution in [0.15, 0.2) is 24.3 Å². The van der Waals surface area contributed by atoms with Crippen LogP contribution in [-0.4, -0.2) is 32.1 Å². The van der Waals surface area contributed by atoms with Gasteiger partial charge >= 0.3 is 0 Å². The molecule has 1 aromatic rings. The minimum atomic E-state index is 0.809. The molecule has 3 nitrogen and oxygen atoms in total. The second kappa shape index (κ2) is 5.50. The van der Waals surface area contributed by atoms with Crippen molar-refractivity contribution < 1.29 is 0 Å². The third-order valence-electron chi connectivity index (χ3n) is 2.02. The summed E-state index contributed by atoms with van der Waals surface area (Å²) in [7, 11) is 4.17. The van der Waals surface area contributed by atoms with Crippen molar-refractivity contribution in [1.29, 1.82) is 0 Å². The summed E-state index contributed by atoms with van der Waals surface area (Å²) in [5, 5.41) is 3.34. The molecular formula is C11H19N3. The monoisotopic (exact) mass is 193 g/mol. The van der Waals surface area contributed by atoms with Crippen LogP contribution in [0.3, 0.4) is 0 Å². The van der Waals surface area contributed by atoms with Gasteiger partial charge in [-0.05, 0) is 51.3 Å². The molecule has 0 atom stereocenters. The Morgan fingerprint density at radius 2 is 1.86 bits per heavy atom. The van der Waals surface area contributed by atoms with Crippen LogP contribution < -0.4 is 11.1 Å². The van der Waals surface area contributed by atoms with Crippen molar-refractivity contribution >= 4 is 11.4 Å². The van der Waals surface area contributed by atoms with Crippen LogP contribution in [0.25, 0.3) is 0 Å². The first-order chi connectivity index (χ1) is 6.68. The molecule has 0 bridgehead atoms. The zero-order chi connectivity index (χ0) is 10.4. The Balaban J connectivity index is 2.21. The second-order valence-corrected chi connectivity index (χ2v) is 3.71. The SMILES string of the molecule is CN(C)CCCNc1ccc(N)cc1. The van der Waals surface area contributed by atoms with Gasteiger partial charge in [0.1, 0.15) is 0 Å². The second-order valence-electron chi connectivity index (χ2n) is 3.71. The number of hydrogen-bond donors (Lipinski definition) is 2. The quantitative estimate of drug-likeness (QED) is 0.551. The molecule has 0 heterocycles. The lowest BCUT2D eigenvalue weighted by atomic mass is 10.3. The van der Waals surface area contributed by atoms with Crippen LogP contribution >= 0.6 is 0 Å². The largest absolute Gasteiger partial charge is 0.399 e. The van der Waals surface area contributed by atoms with Gasteiger partial charge in [0.15, 0.2) is 0 Å². The summed E-state index contributed by atoms with van der Waals surface area (Å²) in [4.78, 5) is 2.19. The van der Waals surface area contributed by atoms with E-state index < -0.39 is 0 Å². The van der Waals surface area contributed by atoms with Gasteiger partial charge in [0.2, 0.25) is 0 Å². The van der Waals surface area contributed by atoms with Crippen molar-refractivity contribution in [2.24, 2.45) is 0 Å². The molecule has 14 heavy (non-hydrogen) atoms. The van der Waals surface area contributed by atoms with Gasteiger partial charge < -0.3 is 16.0 Å². The molecule has 0 unspecified atom stereocenters. The van der Waals surface area contributed by atoms with Gasteiger partial charge in [-0.3, -0.25) is 0 Å². The van der Waals surface area contributed by atoms with E-state index in [0.717, 1.165) is 30.9 Å². The average Bonchev–Trinajstić information content (AvgIpc) is 2.15. The van der Waals surface area contributed by atoms with Crippen molar-refractivity contribution in [1.82, 2.24) is 4.90 Å². The van der Waals surface area contributed by atoms with E-state index in [-0.39, 0.29) is 0 Å². The maximum absolute atomic E-state index is 5.59. The maximum Gasteiger partial charge on any atom is 0.0341 e. The third-order valence-corrected chi connectivity index (χ3v) is 2.02. The number of nitrogen functional groups attached to an aromatic ring is 1.